The average molecular weight is 492 g/mol. The summed E-state index contributed by atoms with van der Waals surface area (Å²) in [6, 6.07) is 10.4. The quantitative estimate of drug-likeness (QED) is 0.479. The predicted octanol–water partition coefficient (Wildman–Crippen LogP) is 3.60. The lowest BCUT2D eigenvalue weighted by atomic mass is 10.2. The highest BCUT2D eigenvalue weighted by molar-refractivity contribution is 7.91. The molecule has 0 unspecified atom stereocenters. The zero-order chi connectivity index (χ0) is 23.4. The minimum atomic E-state index is -3.45. The van der Waals surface area contributed by atoms with Crippen molar-refractivity contribution < 1.29 is 22.3 Å². The third-order valence-corrected chi connectivity index (χ3v) is 8.37. The molecule has 0 N–H and O–H groups in total. The van der Waals surface area contributed by atoms with Crippen LogP contribution in [0.1, 0.15) is 23.7 Å². The SMILES string of the molecule is CCS(=O)(=O)c1cccc(C(=O)N(CCCN2CCOCC2)c2nc3ccc(F)cc3s2)c1. The molecule has 10 heteroatoms. The molecule has 0 bridgehead atoms. The lowest BCUT2D eigenvalue weighted by molar-refractivity contribution is 0.0376. The number of carbonyl (C=O) groups excluding carboxylic acids is 1. The predicted molar refractivity (Wildman–Crippen MR) is 127 cm³/mol. The van der Waals surface area contributed by atoms with E-state index in [1.807, 2.05) is 0 Å². The second-order valence-electron chi connectivity index (χ2n) is 7.80. The van der Waals surface area contributed by atoms with Crippen molar-refractivity contribution in [1.82, 2.24) is 9.88 Å². The second-order valence-corrected chi connectivity index (χ2v) is 11.1. The third-order valence-electron chi connectivity index (χ3n) is 5.60. The Labute approximate surface area is 196 Å². The molecule has 0 spiro atoms. The van der Waals surface area contributed by atoms with Crippen molar-refractivity contribution in [2.45, 2.75) is 18.2 Å². The summed E-state index contributed by atoms with van der Waals surface area (Å²) in [5.41, 5.74) is 0.894. The standard InChI is InChI=1S/C23H26FN3O4S2/c1-2-33(29,30)19-6-3-5-17(15-19)22(28)27(10-4-9-26-11-13-31-14-12-26)23-25-20-8-7-18(24)16-21(20)32-23/h3,5-8,15-16H,2,4,9-14H2,1H3. The van der Waals surface area contributed by atoms with Gasteiger partial charge in [-0.3, -0.25) is 14.6 Å². The van der Waals surface area contributed by atoms with Crippen LogP contribution < -0.4 is 4.90 Å². The van der Waals surface area contributed by atoms with Crippen LogP contribution in [0, 0.1) is 5.82 Å². The zero-order valence-electron chi connectivity index (χ0n) is 18.4. The molecular formula is C23H26FN3O4S2. The Kier molecular flexibility index (Phi) is 7.38. The Balaban J connectivity index is 1.62. The molecule has 176 valence electrons. The number of morpholine rings is 1. The van der Waals surface area contributed by atoms with Gasteiger partial charge in [0.05, 0.1) is 34.1 Å². The molecular weight excluding hydrogens is 465 g/mol. The Morgan fingerprint density at radius 2 is 2.00 bits per heavy atom. The molecule has 33 heavy (non-hydrogen) atoms. The fraction of sp³-hybridized carbons (Fsp3) is 0.391. The summed E-state index contributed by atoms with van der Waals surface area (Å²) in [4.78, 5) is 22.1. The van der Waals surface area contributed by atoms with Crippen LogP contribution in [0.25, 0.3) is 10.2 Å². The number of fused-ring (bicyclic) bond motifs is 1. The number of carbonyl (C=O) groups is 1. The van der Waals surface area contributed by atoms with Crippen LogP contribution in [0.2, 0.25) is 0 Å². The third kappa shape index (κ3) is 5.57. The fourth-order valence-corrected chi connectivity index (χ4v) is 5.65. The number of nitrogens with zero attached hydrogens (tertiary/aromatic N) is 3. The number of anilines is 1. The molecule has 3 aromatic rings. The van der Waals surface area contributed by atoms with Crippen molar-refractivity contribution >= 4 is 42.4 Å². The van der Waals surface area contributed by atoms with E-state index in [1.165, 1.54) is 35.6 Å². The molecule has 2 aromatic carbocycles. The maximum absolute atomic E-state index is 13.7. The van der Waals surface area contributed by atoms with Crippen LogP contribution in [-0.2, 0) is 14.6 Å². The van der Waals surface area contributed by atoms with Crippen LogP contribution in [0.4, 0.5) is 9.52 Å². The summed E-state index contributed by atoms with van der Waals surface area (Å²) in [5.74, 6) is -0.734. The van der Waals surface area contributed by atoms with E-state index in [-0.39, 0.29) is 27.9 Å². The van der Waals surface area contributed by atoms with Crippen molar-refractivity contribution in [3.8, 4) is 0 Å². The molecule has 1 aromatic heterocycles. The number of hydrogen-bond donors (Lipinski definition) is 0. The monoisotopic (exact) mass is 491 g/mol. The van der Waals surface area contributed by atoms with Gasteiger partial charge in [0.25, 0.3) is 5.91 Å². The van der Waals surface area contributed by atoms with Crippen molar-refractivity contribution in [3.05, 3.63) is 53.8 Å². The molecule has 0 radical (unpaired) electrons. The molecule has 7 nitrogen and oxygen atoms in total. The van der Waals surface area contributed by atoms with E-state index in [9.17, 15) is 17.6 Å². The first-order valence-corrected chi connectivity index (χ1v) is 13.3. The van der Waals surface area contributed by atoms with Gasteiger partial charge in [-0.25, -0.2) is 17.8 Å². The van der Waals surface area contributed by atoms with Crippen molar-refractivity contribution in [2.24, 2.45) is 0 Å². The van der Waals surface area contributed by atoms with Crippen LogP contribution in [0.15, 0.2) is 47.4 Å². The summed E-state index contributed by atoms with van der Waals surface area (Å²) >= 11 is 1.24. The van der Waals surface area contributed by atoms with Gasteiger partial charge in [0.1, 0.15) is 5.82 Å². The summed E-state index contributed by atoms with van der Waals surface area (Å²) < 4.78 is 44.4. The topological polar surface area (TPSA) is 79.8 Å². The molecule has 1 fully saturated rings. The largest absolute Gasteiger partial charge is 0.379 e. The van der Waals surface area contributed by atoms with Crippen molar-refractivity contribution in [1.29, 1.82) is 0 Å². The number of ether oxygens (including phenoxy) is 1. The summed E-state index contributed by atoms with van der Waals surface area (Å²) in [6.07, 6.45) is 0.711. The Bertz CT molecular complexity index is 1240. The molecule has 1 saturated heterocycles. The van der Waals surface area contributed by atoms with Gasteiger partial charge in [0, 0.05) is 31.7 Å². The van der Waals surface area contributed by atoms with E-state index >= 15 is 0 Å². The van der Waals surface area contributed by atoms with Gasteiger partial charge in [-0.1, -0.05) is 24.3 Å². The highest BCUT2D eigenvalue weighted by Crippen LogP contribution is 2.31. The maximum Gasteiger partial charge on any atom is 0.260 e. The minimum absolute atomic E-state index is 0.0443. The fourth-order valence-electron chi connectivity index (χ4n) is 3.71. The number of rotatable bonds is 8. The van der Waals surface area contributed by atoms with Crippen molar-refractivity contribution in [2.75, 3.05) is 50.0 Å². The highest BCUT2D eigenvalue weighted by atomic mass is 32.2. The van der Waals surface area contributed by atoms with E-state index in [2.05, 4.69) is 9.88 Å². The molecule has 1 aliphatic heterocycles. The van der Waals surface area contributed by atoms with Gasteiger partial charge < -0.3 is 4.74 Å². The highest BCUT2D eigenvalue weighted by Gasteiger charge is 2.23. The molecule has 1 aliphatic rings. The molecule has 2 heterocycles. The molecule has 0 aliphatic carbocycles. The lowest BCUT2D eigenvalue weighted by Crippen LogP contribution is -2.39. The van der Waals surface area contributed by atoms with Gasteiger partial charge in [0.15, 0.2) is 15.0 Å². The normalized spacial score (nSPS) is 15.1. The Morgan fingerprint density at radius 3 is 2.76 bits per heavy atom. The summed E-state index contributed by atoms with van der Waals surface area (Å²) in [5, 5.41) is 0.464. The van der Waals surface area contributed by atoms with Crippen molar-refractivity contribution in [3.63, 3.8) is 0 Å². The van der Waals surface area contributed by atoms with Crippen LogP contribution in [0.5, 0.6) is 0 Å². The number of hydrogen-bond acceptors (Lipinski definition) is 7. The first-order valence-electron chi connectivity index (χ1n) is 10.9. The smallest absolute Gasteiger partial charge is 0.260 e. The van der Waals surface area contributed by atoms with E-state index in [0.29, 0.717) is 41.5 Å². The van der Waals surface area contributed by atoms with Gasteiger partial charge in [-0.2, -0.15) is 0 Å². The average Bonchev–Trinajstić information content (AvgIpc) is 3.25. The number of halogens is 1. The molecule has 0 saturated carbocycles. The zero-order valence-corrected chi connectivity index (χ0v) is 20.0. The summed E-state index contributed by atoms with van der Waals surface area (Å²) in [6.45, 7) is 5.88. The minimum Gasteiger partial charge on any atom is -0.379 e. The van der Waals surface area contributed by atoms with Gasteiger partial charge in [-0.05, 0) is 42.8 Å². The Morgan fingerprint density at radius 1 is 1.21 bits per heavy atom. The van der Waals surface area contributed by atoms with E-state index in [1.54, 1.807) is 30.0 Å². The van der Waals surface area contributed by atoms with Gasteiger partial charge in [-0.15, -0.1) is 0 Å². The van der Waals surface area contributed by atoms with Crippen LogP contribution in [0.3, 0.4) is 0 Å². The van der Waals surface area contributed by atoms with Gasteiger partial charge in [0.2, 0.25) is 0 Å². The number of aromatic nitrogens is 1. The van der Waals surface area contributed by atoms with E-state index in [0.717, 1.165) is 19.6 Å². The lowest BCUT2D eigenvalue weighted by Gasteiger charge is -2.27. The van der Waals surface area contributed by atoms with Crippen LogP contribution >= 0.6 is 11.3 Å². The second kappa shape index (κ2) is 10.3. The van der Waals surface area contributed by atoms with E-state index in [4.69, 9.17) is 4.74 Å². The first-order chi connectivity index (χ1) is 15.9. The molecule has 0 atom stereocenters. The molecule has 1 amide bonds. The van der Waals surface area contributed by atoms with E-state index < -0.39 is 9.84 Å². The summed E-state index contributed by atoms with van der Waals surface area (Å²) in [7, 11) is -3.45. The Hall–Kier alpha value is -2.40. The first kappa shape index (κ1) is 23.7. The van der Waals surface area contributed by atoms with Gasteiger partial charge >= 0.3 is 0 Å². The number of benzene rings is 2. The molecule has 4 rings (SSSR count). The van der Waals surface area contributed by atoms with Crippen LogP contribution in [-0.4, -0.2) is 69.4 Å². The number of sulfone groups is 1. The maximum atomic E-state index is 13.7. The number of amides is 1. The number of thiazole rings is 1.